The standard InChI is InChI=1S/C19H32N4O/c1-3-22(4-2)17-10-8-16(9-11-17)14-21-15-18(20)19(24)23-12-6-5-7-13-23/h8-11,18,21H,3-7,12-15,20H2,1-2H3. The maximum Gasteiger partial charge on any atom is 0.240 e. The van der Waals surface area contributed by atoms with Crippen LogP contribution in [0.1, 0.15) is 38.7 Å². The van der Waals surface area contributed by atoms with Crippen LogP contribution >= 0.6 is 0 Å². The zero-order chi connectivity index (χ0) is 17.4. The summed E-state index contributed by atoms with van der Waals surface area (Å²) in [6.07, 6.45) is 3.43. The number of carbonyl (C=O) groups is 1. The molecule has 0 aromatic heterocycles. The van der Waals surface area contributed by atoms with Crippen LogP contribution in [0.3, 0.4) is 0 Å². The molecule has 1 atom stereocenters. The molecule has 5 heteroatoms. The number of nitrogens with zero attached hydrogens (tertiary/aromatic N) is 2. The van der Waals surface area contributed by atoms with Crippen molar-refractivity contribution in [1.29, 1.82) is 0 Å². The van der Waals surface area contributed by atoms with Crippen LogP contribution in [-0.4, -0.2) is 49.6 Å². The lowest BCUT2D eigenvalue weighted by atomic mass is 10.1. The summed E-state index contributed by atoms with van der Waals surface area (Å²) in [5.41, 5.74) is 8.51. The van der Waals surface area contributed by atoms with Crippen molar-refractivity contribution in [2.45, 2.75) is 45.7 Å². The molecule has 0 radical (unpaired) electrons. The summed E-state index contributed by atoms with van der Waals surface area (Å²) in [6.45, 7) is 9.34. The Hall–Kier alpha value is -1.59. The van der Waals surface area contributed by atoms with E-state index in [1.54, 1.807) is 0 Å². The van der Waals surface area contributed by atoms with Crippen LogP contribution in [0, 0.1) is 0 Å². The molecular weight excluding hydrogens is 300 g/mol. The summed E-state index contributed by atoms with van der Waals surface area (Å²) in [6, 6.07) is 8.14. The molecule has 1 unspecified atom stereocenters. The van der Waals surface area contributed by atoms with Crippen LogP contribution in [0.5, 0.6) is 0 Å². The third-order valence-electron chi connectivity index (χ3n) is 4.74. The van der Waals surface area contributed by atoms with Crippen LogP contribution < -0.4 is 16.0 Å². The summed E-state index contributed by atoms with van der Waals surface area (Å²) in [5, 5.41) is 3.31. The second kappa shape index (κ2) is 9.64. The van der Waals surface area contributed by atoms with Crippen molar-refractivity contribution in [3.63, 3.8) is 0 Å². The summed E-state index contributed by atoms with van der Waals surface area (Å²) in [7, 11) is 0. The maximum absolute atomic E-state index is 12.3. The highest BCUT2D eigenvalue weighted by atomic mass is 16.2. The number of likely N-dealkylation sites (tertiary alicyclic amines) is 1. The van der Waals surface area contributed by atoms with Crippen molar-refractivity contribution in [2.24, 2.45) is 5.73 Å². The van der Waals surface area contributed by atoms with Crippen LogP contribution in [0.2, 0.25) is 0 Å². The molecule has 1 aromatic carbocycles. The van der Waals surface area contributed by atoms with Gasteiger partial charge in [0, 0.05) is 45.0 Å². The van der Waals surface area contributed by atoms with Gasteiger partial charge < -0.3 is 20.9 Å². The normalized spacial score (nSPS) is 16.0. The number of rotatable bonds is 8. The van der Waals surface area contributed by atoms with E-state index in [1.807, 2.05) is 4.90 Å². The van der Waals surface area contributed by atoms with Gasteiger partial charge in [-0.2, -0.15) is 0 Å². The molecule has 0 aliphatic carbocycles. The molecular formula is C19H32N4O. The zero-order valence-corrected chi connectivity index (χ0v) is 15.1. The number of hydrogen-bond donors (Lipinski definition) is 2. The molecule has 0 spiro atoms. The first-order valence-corrected chi connectivity index (χ1v) is 9.24. The van der Waals surface area contributed by atoms with E-state index in [9.17, 15) is 4.79 Å². The Labute approximate surface area is 146 Å². The van der Waals surface area contributed by atoms with E-state index < -0.39 is 6.04 Å². The van der Waals surface area contributed by atoms with Gasteiger partial charge in [-0.3, -0.25) is 4.79 Å². The van der Waals surface area contributed by atoms with Gasteiger partial charge in [-0.05, 0) is 50.8 Å². The lowest BCUT2D eigenvalue weighted by Crippen LogP contribution is -2.50. The third kappa shape index (κ3) is 5.21. The van der Waals surface area contributed by atoms with Crippen molar-refractivity contribution < 1.29 is 4.79 Å². The summed E-state index contributed by atoms with van der Waals surface area (Å²) >= 11 is 0. The lowest BCUT2D eigenvalue weighted by Gasteiger charge is -2.29. The van der Waals surface area contributed by atoms with E-state index in [1.165, 1.54) is 17.7 Å². The minimum Gasteiger partial charge on any atom is -0.372 e. The SMILES string of the molecule is CCN(CC)c1ccc(CNCC(N)C(=O)N2CCCCC2)cc1. The molecule has 1 heterocycles. The molecule has 2 rings (SSSR count). The summed E-state index contributed by atoms with van der Waals surface area (Å²) < 4.78 is 0. The van der Waals surface area contributed by atoms with E-state index in [2.05, 4.69) is 48.3 Å². The van der Waals surface area contributed by atoms with E-state index in [0.29, 0.717) is 6.54 Å². The summed E-state index contributed by atoms with van der Waals surface area (Å²) in [5.74, 6) is 0.0825. The minimum atomic E-state index is -0.446. The number of carbonyl (C=O) groups excluding carboxylic acids is 1. The number of anilines is 1. The Morgan fingerprint density at radius 3 is 2.38 bits per heavy atom. The topological polar surface area (TPSA) is 61.6 Å². The predicted molar refractivity (Wildman–Crippen MR) is 100 cm³/mol. The molecule has 1 aliphatic rings. The molecule has 1 fully saturated rings. The number of nitrogens with two attached hydrogens (primary N) is 1. The average Bonchev–Trinajstić information content (AvgIpc) is 2.64. The molecule has 1 amide bonds. The van der Waals surface area contributed by atoms with Crippen molar-refractivity contribution in [3.05, 3.63) is 29.8 Å². The third-order valence-corrected chi connectivity index (χ3v) is 4.74. The van der Waals surface area contributed by atoms with Gasteiger partial charge in [0.15, 0.2) is 0 Å². The van der Waals surface area contributed by atoms with Gasteiger partial charge in [0.1, 0.15) is 0 Å². The smallest absolute Gasteiger partial charge is 0.240 e. The Morgan fingerprint density at radius 1 is 1.17 bits per heavy atom. The first kappa shape index (κ1) is 18.7. The van der Waals surface area contributed by atoms with Crippen molar-refractivity contribution in [3.8, 4) is 0 Å². The lowest BCUT2D eigenvalue weighted by molar-refractivity contribution is -0.133. The Balaban J connectivity index is 1.75. The van der Waals surface area contributed by atoms with Gasteiger partial charge in [0.25, 0.3) is 0 Å². The van der Waals surface area contributed by atoms with E-state index in [-0.39, 0.29) is 5.91 Å². The Morgan fingerprint density at radius 2 is 1.79 bits per heavy atom. The fourth-order valence-electron chi connectivity index (χ4n) is 3.22. The van der Waals surface area contributed by atoms with E-state index in [0.717, 1.165) is 45.6 Å². The number of hydrogen-bond acceptors (Lipinski definition) is 4. The first-order valence-electron chi connectivity index (χ1n) is 9.24. The second-order valence-electron chi connectivity index (χ2n) is 6.46. The molecule has 3 N–H and O–H groups in total. The number of amides is 1. The minimum absolute atomic E-state index is 0.0825. The van der Waals surface area contributed by atoms with Crippen LogP contribution in [0.4, 0.5) is 5.69 Å². The number of piperidine rings is 1. The second-order valence-corrected chi connectivity index (χ2v) is 6.46. The largest absolute Gasteiger partial charge is 0.372 e. The van der Waals surface area contributed by atoms with E-state index >= 15 is 0 Å². The van der Waals surface area contributed by atoms with Gasteiger partial charge in [-0.15, -0.1) is 0 Å². The fraction of sp³-hybridized carbons (Fsp3) is 0.632. The number of benzene rings is 1. The molecule has 1 aliphatic heterocycles. The predicted octanol–water partition coefficient (Wildman–Crippen LogP) is 1.96. The highest BCUT2D eigenvalue weighted by Crippen LogP contribution is 2.15. The van der Waals surface area contributed by atoms with Gasteiger partial charge in [0.2, 0.25) is 5.91 Å². The first-order chi connectivity index (χ1) is 11.7. The molecule has 1 saturated heterocycles. The Bertz CT molecular complexity index is 493. The van der Waals surface area contributed by atoms with Crippen molar-refractivity contribution in [1.82, 2.24) is 10.2 Å². The Kier molecular flexibility index (Phi) is 7.53. The van der Waals surface area contributed by atoms with Gasteiger partial charge in [-0.1, -0.05) is 12.1 Å². The van der Waals surface area contributed by atoms with Crippen LogP contribution in [0.25, 0.3) is 0 Å². The molecule has 24 heavy (non-hydrogen) atoms. The highest BCUT2D eigenvalue weighted by molar-refractivity contribution is 5.82. The molecule has 0 bridgehead atoms. The van der Waals surface area contributed by atoms with Gasteiger partial charge >= 0.3 is 0 Å². The maximum atomic E-state index is 12.3. The van der Waals surface area contributed by atoms with E-state index in [4.69, 9.17) is 5.73 Å². The highest BCUT2D eigenvalue weighted by Gasteiger charge is 2.21. The molecule has 1 aromatic rings. The van der Waals surface area contributed by atoms with Gasteiger partial charge in [0.05, 0.1) is 6.04 Å². The monoisotopic (exact) mass is 332 g/mol. The molecule has 5 nitrogen and oxygen atoms in total. The quantitative estimate of drug-likeness (QED) is 0.764. The number of nitrogens with one attached hydrogen (secondary N) is 1. The molecule has 0 saturated carbocycles. The zero-order valence-electron chi connectivity index (χ0n) is 15.1. The van der Waals surface area contributed by atoms with Gasteiger partial charge in [-0.25, -0.2) is 0 Å². The van der Waals surface area contributed by atoms with Crippen LogP contribution in [-0.2, 0) is 11.3 Å². The van der Waals surface area contributed by atoms with Crippen molar-refractivity contribution >= 4 is 11.6 Å². The fourth-order valence-corrected chi connectivity index (χ4v) is 3.22. The van der Waals surface area contributed by atoms with Crippen molar-refractivity contribution in [2.75, 3.05) is 37.6 Å². The molecule has 134 valence electrons. The van der Waals surface area contributed by atoms with Crippen LogP contribution in [0.15, 0.2) is 24.3 Å². The summed E-state index contributed by atoms with van der Waals surface area (Å²) in [4.78, 5) is 16.5. The average molecular weight is 332 g/mol.